The molecule has 0 aromatic heterocycles. The molecule has 1 aliphatic rings. The predicted molar refractivity (Wildman–Crippen MR) is 80.2 cm³/mol. The van der Waals surface area contributed by atoms with Crippen LogP contribution in [0.5, 0.6) is 0 Å². The van der Waals surface area contributed by atoms with Crippen LogP contribution in [0.3, 0.4) is 0 Å². The first-order valence-corrected chi connectivity index (χ1v) is 6.80. The lowest BCUT2D eigenvalue weighted by Crippen LogP contribution is -2.48. The Morgan fingerprint density at radius 1 is 1.15 bits per heavy atom. The van der Waals surface area contributed by atoms with Gasteiger partial charge in [-0.2, -0.15) is 0 Å². The maximum atomic E-state index is 14.1. The second-order valence-corrected chi connectivity index (χ2v) is 6.20. The van der Waals surface area contributed by atoms with Crippen molar-refractivity contribution in [2.75, 3.05) is 26.2 Å². The number of halogens is 3. The molecule has 114 valence electrons. The van der Waals surface area contributed by atoms with Crippen molar-refractivity contribution in [2.24, 2.45) is 5.41 Å². The molecule has 0 bridgehead atoms. The molecule has 1 saturated heterocycles. The van der Waals surface area contributed by atoms with Crippen molar-refractivity contribution >= 4 is 12.4 Å². The SMILES string of the molecule is CC(C)(C)[C@H](c1cccc(F)c1F)N1CCNCC1.Cl. The second kappa shape index (κ2) is 6.83. The lowest BCUT2D eigenvalue weighted by atomic mass is 9.80. The Morgan fingerprint density at radius 2 is 1.75 bits per heavy atom. The number of hydrogen-bond acceptors (Lipinski definition) is 2. The number of nitrogens with zero attached hydrogens (tertiary/aromatic N) is 1. The average Bonchev–Trinajstić information content (AvgIpc) is 2.35. The lowest BCUT2D eigenvalue weighted by Gasteiger charge is -2.42. The molecule has 2 nitrogen and oxygen atoms in total. The van der Waals surface area contributed by atoms with Crippen molar-refractivity contribution in [1.29, 1.82) is 0 Å². The van der Waals surface area contributed by atoms with E-state index in [1.54, 1.807) is 12.1 Å². The van der Waals surface area contributed by atoms with Gasteiger partial charge < -0.3 is 5.32 Å². The highest BCUT2D eigenvalue weighted by molar-refractivity contribution is 5.85. The molecular weight excluding hydrogens is 282 g/mol. The van der Waals surface area contributed by atoms with Crippen LogP contribution in [-0.4, -0.2) is 31.1 Å². The topological polar surface area (TPSA) is 15.3 Å². The van der Waals surface area contributed by atoms with E-state index in [-0.39, 0.29) is 23.9 Å². The number of hydrogen-bond donors (Lipinski definition) is 1. The molecule has 0 radical (unpaired) electrons. The molecular formula is C15H23ClF2N2. The summed E-state index contributed by atoms with van der Waals surface area (Å²) >= 11 is 0. The molecule has 1 aromatic carbocycles. The summed E-state index contributed by atoms with van der Waals surface area (Å²) in [6.45, 7) is 9.72. The Labute approximate surface area is 126 Å². The van der Waals surface area contributed by atoms with E-state index >= 15 is 0 Å². The summed E-state index contributed by atoms with van der Waals surface area (Å²) in [6.07, 6.45) is 0. The van der Waals surface area contributed by atoms with Gasteiger partial charge in [-0.3, -0.25) is 4.90 Å². The van der Waals surface area contributed by atoms with E-state index in [1.807, 2.05) is 0 Å². The van der Waals surface area contributed by atoms with Crippen LogP contribution in [0.4, 0.5) is 8.78 Å². The normalized spacial score (nSPS) is 18.4. The lowest BCUT2D eigenvalue weighted by molar-refractivity contribution is 0.0829. The van der Waals surface area contributed by atoms with Crippen molar-refractivity contribution in [3.8, 4) is 0 Å². The molecule has 1 aliphatic heterocycles. The first-order chi connectivity index (χ1) is 8.91. The molecule has 0 amide bonds. The number of rotatable bonds is 2. The third-order valence-electron chi connectivity index (χ3n) is 3.61. The first kappa shape index (κ1) is 17.3. The predicted octanol–water partition coefficient (Wildman–Crippen LogP) is 3.38. The summed E-state index contributed by atoms with van der Waals surface area (Å²) in [5.74, 6) is -1.47. The smallest absolute Gasteiger partial charge is 0.163 e. The first-order valence-electron chi connectivity index (χ1n) is 6.80. The second-order valence-electron chi connectivity index (χ2n) is 6.20. The van der Waals surface area contributed by atoms with Crippen LogP contribution in [0.2, 0.25) is 0 Å². The zero-order chi connectivity index (χ0) is 14.0. The largest absolute Gasteiger partial charge is 0.314 e. The van der Waals surface area contributed by atoms with Crippen molar-refractivity contribution in [3.63, 3.8) is 0 Å². The summed E-state index contributed by atoms with van der Waals surface area (Å²) < 4.78 is 27.6. The molecule has 1 aromatic rings. The molecule has 1 N–H and O–H groups in total. The number of benzene rings is 1. The summed E-state index contributed by atoms with van der Waals surface area (Å²) in [4.78, 5) is 2.24. The van der Waals surface area contributed by atoms with Crippen LogP contribution in [-0.2, 0) is 0 Å². The summed E-state index contributed by atoms with van der Waals surface area (Å²) in [7, 11) is 0. The molecule has 0 spiro atoms. The zero-order valence-electron chi connectivity index (χ0n) is 12.2. The van der Waals surface area contributed by atoms with E-state index in [0.717, 1.165) is 26.2 Å². The Balaban J connectivity index is 0.00000200. The van der Waals surface area contributed by atoms with Gasteiger partial charge >= 0.3 is 0 Å². The summed E-state index contributed by atoms with van der Waals surface area (Å²) in [6, 6.07) is 4.37. The third kappa shape index (κ3) is 3.68. The van der Waals surface area contributed by atoms with Crippen LogP contribution in [0.1, 0.15) is 32.4 Å². The number of nitrogens with one attached hydrogen (secondary N) is 1. The summed E-state index contributed by atoms with van der Waals surface area (Å²) in [5, 5.41) is 3.29. The standard InChI is InChI=1S/C15H22F2N2.ClH/c1-15(2,3)14(19-9-7-18-8-10-19)11-5-4-6-12(16)13(11)17;/h4-6,14,18H,7-10H2,1-3H3;1H/t14-;/m0./s1. The van der Waals surface area contributed by atoms with Crippen molar-refractivity contribution in [1.82, 2.24) is 10.2 Å². The van der Waals surface area contributed by atoms with Crippen molar-refractivity contribution in [3.05, 3.63) is 35.4 Å². The van der Waals surface area contributed by atoms with Crippen LogP contribution >= 0.6 is 12.4 Å². The van der Waals surface area contributed by atoms with Gasteiger partial charge in [-0.15, -0.1) is 12.4 Å². The van der Waals surface area contributed by atoms with E-state index in [0.29, 0.717) is 5.56 Å². The summed E-state index contributed by atoms with van der Waals surface area (Å²) in [5.41, 5.74) is 0.320. The quantitative estimate of drug-likeness (QED) is 0.901. The highest BCUT2D eigenvalue weighted by Crippen LogP contribution is 2.39. The highest BCUT2D eigenvalue weighted by Gasteiger charge is 2.34. The van der Waals surface area contributed by atoms with Gasteiger partial charge in [-0.05, 0) is 11.5 Å². The van der Waals surface area contributed by atoms with Crippen LogP contribution in [0.15, 0.2) is 18.2 Å². The Hall–Kier alpha value is -0.710. The maximum Gasteiger partial charge on any atom is 0.163 e. The van der Waals surface area contributed by atoms with Gasteiger partial charge in [0.15, 0.2) is 11.6 Å². The fourth-order valence-corrected chi connectivity index (χ4v) is 2.88. The highest BCUT2D eigenvalue weighted by atomic mass is 35.5. The van der Waals surface area contributed by atoms with E-state index in [9.17, 15) is 8.78 Å². The Morgan fingerprint density at radius 3 is 2.30 bits per heavy atom. The molecule has 20 heavy (non-hydrogen) atoms. The minimum Gasteiger partial charge on any atom is -0.314 e. The van der Waals surface area contributed by atoms with Crippen molar-refractivity contribution in [2.45, 2.75) is 26.8 Å². The molecule has 0 saturated carbocycles. The van der Waals surface area contributed by atoms with E-state index in [4.69, 9.17) is 0 Å². The molecule has 0 unspecified atom stereocenters. The van der Waals surface area contributed by atoms with Crippen LogP contribution in [0.25, 0.3) is 0 Å². The Bertz CT molecular complexity index is 440. The van der Waals surface area contributed by atoms with Crippen LogP contribution < -0.4 is 5.32 Å². The molecule has 1 heterocycles. The van der Waals surface area contributed by atoms with Gasteiger partial charge in [0, 0.05) is 37.8 Å². The zero-order valence-corrected chi connectivity index (χ0v) is 13.1. The van der Waals surface area contributed by atoms with Crippen LogP contribution in [0, 0.1) is 17.0 Å². The van der Waals surface area contributed by atoms with Crippen molar-refractivity contribution < 1.29 is 8.78 Å². The fraction of sp³-hybridized carbons (Fsp3) is 0.600. The minimum atomic E-state index is -0.762. The van der Waals surface area contributed by atoms with Gasteiger partial charge in [0.2, 0.25) is 0 Å². The molecule has 1 fully saturated rings. The molecule has 0 aliphatic carbocycles. The maximum absolute atomic E-state index is 14.1. The van der Waals surface area contributed by atoms with E-state index < -0.39 is 11.6 Å². The van der Waals surface area contributed by atoms with Gasteiger partial charge in [0.05, 0.1) is 0 Å². The van der Waals surface area contributed by atoms with E-state index in [2.05, 4.69) is 31.0 Å². The minimum absolute atomic E-state index is 0. The third-order valence-corrected chi connectivity index (χ3v) is 3.61. The van der Waals surface area contributed by atoms with Gasteiger partial charge in [-0.25, -0.2) is 8.78 Å². The average molecular weight is 305 g/mol. The molecule has 2 rings (SSSR count). The fourth-order valence-electron chi connectivity index (χ4n) is 2.88. The Kier molecular flexibility index (Phi) is 5.92. The molecule has 5 heteroatoms. The monoisotopic (exact) mass is 304 g/mol. The van der Waals surface area contributed by atoms with Gasteiger partial charge in [-0.1, -0.05) is 32.9 Å². The van der Waals surface area contributed by atoms with E-state index in [1.165, 1.54) is 6.07 Å². The number of piperazine rings is 1. The van der Waals surface area contributed by atoms with Gasteiger partial charge in [0.25, 0.3) is 0 Å². The van der Waals surface area contributed by atoms with Gasteiger partial charge in [0.1, 0.15) is 0 Å². The molecule has 1 atom stereocenters.